The molecule has 2 aromatic carbocycles. The number of ketones is 1. The normalized spacial score (nSPS) is 15.2. The van der Waals surface area contributed by atoms with Crippen molar-refractivity contribution in [3.8, 4) is 0 Å². The SMILES string of the molecule is CCc1ccc(C(=O)[C@H](C)OC(=O)[C@@H](C)N2C(=O)c3ccccc3C2=O)cc1. The maximum absolute atomic E-state index is 12.5. The van der Waals surface area contributed by atoms with E-state index >= 15 is 0 Å². The molecular formula is C22H21NO5. The van der Waals surface area contributed by atoms with Crippen LogP contribution in [0.15, 0.2) is 48.5 Å². The number of ether oxygens (including phenoxy) is 1. The molecular weight excluding hydrogens is 358 g/mol. The summed E-state index contributed by atoms with van der Waals surface area (Å²) in [6.07, 6.45) is -0.172. The summed E-state index contributed by atoms with van der Waals surface area (Å²) >= 11 is 0. The molecule has 28 heavy (non-hydrogen) atoms. The van der Waals surface area contributed by atoms with Gasteiger partial charge in [-0.15, -0.1) is 0 Å². The van der Waals surface area contributed by atoms with Gasteiger partial charge in [-0.2, -0.15) is 0 Å². The number of benzene rings is 2. The molecule has 0 N–H and O–H groups in total. The van der Waals surface area contributed by atoms with E-state index in [0.717, 1.165) is 16.9 Å². The lowest BCUT2D eigenvalue weighted by Gasteiger charge is -2.22. The number of amides is 2. The number of Topliss-reactive ketones (excluding diaryl/α,β-unsaturated/α-hetero) is 1. The first-order chi connectivity index (χ1) is 13.3. The standard InChI is InChI=1S/C22H21NO5/c1-4-15-9-11-16(12-10-15)19(24)14(3)28-22(27)13(2)23-20(25)17-7-5-6-8-18(17)21(23)26/h5-14H,4H2,1-3H3/t13-,14+/m1/s1. The minimum atomic E-state index is -1.13. The Labute approximate surface area is 163 Å². The number of nitrogens with zero attached hydrogens (tertiary/aromatic N) is 1. The molecule has 2 aromatic rings. The van der Waals surface area contributed by atoms with Crippen molar-refractivity contribution in [1.82, 2.24) is 4.90 Å². The average Bonchev–Trinajstić information content (AvgIpc) is 2.97. The fourth-order valence-corrected chi connectivity index (χ4v) is 3.13. The zero-order valence-electron chi connectivity index (χ0n) is 16.0. The van der Waals surface area contributed by atoms with Gasteiger partial charge in [0.1, 0.15) is 6.04 Å². The van der Waals surface area contributed by atoms with Gasteiger partial charge in [0, 0.05) is 5.56 Å². The Morgan fingerprint density at radius 1 is 0.929 bits per heavy atom. The summed E-state index contributed by atoms with van der Waals surface area (Å²) in [5.74, 6) is -2.23. The summed E-state index contributed by atoms with van der Waals surface area (Å²) in [6, 6.07) is 12.3. The minimum absolute atomic E-state index is 0.257. The van der Waals surface area contributed by atoms with Crippen LogP contribution >= 0.6 is 0 Å². The van der Waals surface area contributed by atoms with Gasteiger partial charge in [0.15, 0.2) is 6.10 Å². The first kappa shape index (κ1) is 19.5. The van der Waals surface area contributed by atoms with Crippen LogP contribution in [0.2, 0.25) is 0 Å². The van der Waals surface area contributed by atoms with Gasteiger partial charge in [0.05, 0.1) is 11.1 Å². The van der Waals surface area contributed by atoms with E-state index in [2.05, 4.69) is 0 Å². The number of rotatable bonds is 6. The van der Waals surface area contributed by atoms with E-state index in [-0.39, 0.29) is 16.9 Å². The second-order valence-corrected chi connectivity index (χ2v) is 6.70. The first-order valence-electron chi connectivity index (χ1n) is 9.15. The highest BCUT2D eigenvalue weighted by molar-refractivity contribution is 6.22. The van der Waals surface area contributed by atoms with Crippen LogP contribution in [0.25, 0.3) is 0 Å². The summed E-state index contributed by atoms with van der Waals surface area (Å²) < 4.78 is 5.26. The molecule has 6 nitrogen and oxygen atoms in total. The molecule has 1 aliphatic heterocycles. The molecule has 1 aliphatic rings. The molecule has 0 radical (unpaired) electrons. The molecule has 0 aromatic heterocycles. The fraction of sp³-hybridized carbons (Fsp3) is 0.273. The molecule has 0 bridgehead atoms. The van der Waals surface area contributed by atoms with Crippen molar-refractivity contribution in [2.24, 2.45) is 0 Å². The highest BCUT2D eigenvalue weighted by Gasteiger charge is 2.41. The molecule has 2 atom stereocenters. The molecule has 0 saturated heterocycles. The summed E-state index contributed by atoms with van der Waals surface area (Å²) in [4.78, 5) is 50.8. The van der Waals surface area contributed by atoms with E-state index in [0.29, 0.717) is 5.56 Å². The van der Waals surface area contributed by atoms with Gasteiger partial charge >= 0.3 is 5.97 Å². The molecule has 3 rings (SSSR count). The van der Waals surface area contributed by atoms with E-state index < -0.39 is 29.9 Å². The van der Waals surface area contributed by atoms with Crippen LogP contribution in [0.3, 0.4) is 0 Å². The monoisotopic (exact) mass is 379 g/mol. The van der Waals surface area contributed by atoms with Gasteiger partial charge in [-0.1, -0.05) is 43.3 Å². The number of fused-ring (bicyclic) bond motifs is 1. The van der Waals surface area contributed by atoms with Crippen LogP contribution in [0.1, 0.15) is 57.4 Å². The minimum Gasteiger partial charge on any atom is -0.453 e. The van der Waals surface area contributed by atoms with E-state index in [1.165, 1.54) is 13.8 Å². The van der Waals surface area contributed by atoms with Crippen LogP contribution < -0.4 is 0 Å². The second kappa shape index (κ2) is 7.76. The van der Waals surface area contributed by atoms with Crippen LogP contribution in [0.5, 0.6) is 0 Å². The fourth-order valence-electron chi connectivity index (χ4n) is 3.13. The van der Waals surface area contributed by atoms with E-state index in [1.807, 2.05) is 19.1 Å². The topological polar surface area (TPSA) is 80.8 Å². The van der Waals surface area contributed by atoms with Gasteiger partial charge in [0.2, 0.25) is 5.78 Å². The van der Waals surface area contributed by atoms with Gasteiger partial charge in [-0.05, 0) is 38.0 Å². The Bertz CT molecular complexity index is 913. The Kier molecular flexibility index (Phi) is 5.40. The molecule has 0 spiro atoms. The third kappa shape index (κ3) is 3.45. The van der Waals surface area contributed by atoms with E-state index in [9.17, 15) is 19.2 Å². The molecule has 144 valence electrons. The predicted molar refractivity (Wildman–Crippen MR) is 102 cm³/mol. The first-order valence-corrected chi connectivity index (χ1v) is 9.15. The summed E-state index contributed by atoms with van der Waals surface area (Å²) in [5, 5.41) is 0. The molecule has 0 aliphatic carbocycles. The number of hydrogen-bond donors (Lipinski definition) is 0. The van der Waals surface area contributed by atoms with Crippen molar-refractivity contribution in [3.63, 3.8) is 0 Å². The Morgan fingerprint density at radius 2 is 1.46 bits per heavy atom. The summed E-state index contributed by atoms with van der Waals surface area (Å²) in [5.41, 5.74) is 2.05. The van der Waals surface area contributed by atoms with Crippen LogP contribution in [0.4, 0.5) is 0 Å². The molecule has 0 unspecified atom stereocenters. The van der Waals surface area contributed by atoms with Crippen molar-refractivity contribution in [3.05, 3.63) is 70.8 Å². The van der Waals surface area contributed by atoms with E-state index in [4.69, 9.17) is 4.74 Å². The van der Waals surface area contributed by atoms with Crippen molar-refractivity contribution in [1.29, 1.82) is 0 Å². The highest BCUT2D eigenvalue weighted by Crippen LogP contribution is 2.25. The average molecular weight is 379 g/mol. The van der Waals surface area contributed by atoms with Gasteiger partial charge in [-0.25, -0.2) is 4.79 Å². The van der Waals surface area contributed by atoms with Crippen LogP contribution in [-0.4, -0.2) is 40.6 Å². The number of carbonyl (C=O) groups is 4. The smallest absolute Gasteiger partial charge is 0.329 e. The lowest BCUT2D eigenvalue weighted by Crippen LogP contribution is -2.45. The Balaban J connectivity index is 1.69. The highest BCUT2D eigenvalue weighted by atomic mass is 16.5. The Morgan fingerprint density at radius 3 is 1.96 bits per heavy atom. The molecule has 2 amide bonds. The van der Waals surface area contributed by atoms with Crippen LogP contribution in [0, 0.1) is 0 Å². The van der Waals surface area contributed by atoms with Gasteiger partial charge in [0.25, 0.3) is 11.8 Å². The van der Waals surface area contributed by atoms with Gasteiger partial charge in [-0.3, -0.25) is 19.3 Å². The molecule has 0 saturated carbocycles. The van der Waals surface area contributed by atoms with Crippen molar-refractivity contribution in [2.45, 2.75) is 39.3 Å². The zero-order chi connectivity index (χ0) is 20.4. The van der Waals surface area contributed by atoms with Gasteiger partial charge < -0.3 is 4.74 Å². The van der Waals surface area contributed by atoms with E-state index in [1.54, 1.807) is 36.4 Å². The number of aryl methyl sites for hydroxylation is 1. The van der Waals surface area contributed by atoms with Crippen molar-refractivity contribution < 1.29 is 23.9 Å². The lowest BCUT2D eigenvalue weighted by molar-refractivity contribution is -0.150. The quantitative estimate of drug-likeness (QED) is 0.438. The number of imide groups is 1. The summed E-state index contributed by atoms with van der Waals surface area (Å²) in [7, 11) is 0. The maximum atomic E-state index is 12.5. The number of carbonyl (C=O) groups excluding carboxylic acids is 4. The lowest BCUT2D eigenvalue weighted by atomic mass is 10.0. The largest absolute Gasteiger partial charge is 0.453 e. The number of hydrogen-bond acceptors (Lipinski definition) is 5. The number of esters is 1. The van der Waals surface area contributed by atoms with Crippen molar-refractivity contribution in [2.75, 3.05) is 0 Å². The molecule has 6 heteroatoms. The predicted octanol–water partition coefficient (Wildman–Crippen LogP) is 3.05. The third-order valence-corrected chi connectivity index (χ3v) is 4.86. The second-order valence-electron chi connectivity index (χ2n) is 6.70. The molecule has 0 fully saturated rings. The molecule has 1 heterocycles. The maximum Gasteiger partial charge on any atom is 0.329 e. The summed E-state index contributed by atoms with van der Waals surface area (Å²) in [6.45, 7) is 4.90. The van der Waals surface area contributed by atoms with Crippen LogP contribution in [-0.2, 0) is 16.0 Å². The zero-order valence-corrected chi connectivity index (χ0v) is 16.0. The Hall–Kier alpha value is -3.28. The third-order valence-electron chi connectivity index (χ3n) is 4.86. The van der Waals surface area contributed by atoms with Crippen molar-refractivity contribution >= 4 is 23.6 Å².